The van der Waals surface area contributed by atoms with E-state index in [0.717, 1.165) is 19.3 Å². The zero-order valence-electron chi connectivity index (χ0n) is 10.2. The van der Waals surface area contributed by atoms with Gasteiger partial charge in [-0.2, -0.15) is 0 Å². The van der Waals surface area contributed by atoms with Gasteiger partial charge in [-0.05, 0) is 30.9 Å². The predicted molar refractivity (Wildman–Crippen MR) is 64.3 cm³/mol. The first-order chi connectivity index (χ1) is 8.31. The normalized spacial score (nSPS) is 23.0. The molecule has 17 heavy (non-hydrogen) atoms. The molecule has 94 valence electrons. The summed E-state index contributed by atoms with van der Waals surface area (Å²) in [4.78, 5) is 11.8. The van der Waals surface area contributed by atoms with E-state index in [1.807, 2.05) is 0 Å². The minimum absolute atomic E-state index is 0.0443. The summed E-state index contributed by atoms with van der Waals surface area (Å²) >= 11 is 0. The number of carbonyl (C=O) groups excluding carboxylic acids is 1. The summed E-state index contributed by atoms with van der Waals surface area (Å²) in [7, 11) is 1.60. The molecule has 0 spiro atoms. The molecule has 0 aromatic carbocycles. The average Bonchev–Trinajstić information content (AvgIpc) is 2.38. The molecule has 1 heterocycles. The van der Waals surface area contributed by atoms with Crippen LogP contribution in [-0.4, -0.2) is 32.8 Å². The lowest BCUT2D eigenvalue weighted by molar-refractivity contribution is -0.149. The molecule has 1 unspecified atom stereocenters. The van der Waals surface area contributed by atoms with Crippen LogP contribution in [0.2, 0.25) is 0 Å². The second kappa shape index (κ2) is 5.87. The molecule has 4 nitrogen and oxygen atoms in total. The Hall–Kier alpha value is -1.29. The van der Waals surface area contributed by atoms with Crippen LogP contribution in [0.25, 0.3) is 0 Å². The van der Waals surface area contributed by atoms with Crippen molar-refractivity contribution < 1.29 is 14.3 Å². The Bertz CT molecular complexity index is 347. The Morgan fingerprint density at radius 1 is 1.53 bits per heavy atom. The standard InChI is InChI=1S/C13H19NO3/c1-16-6-7-17-13(15)11-8-10-4-2-3-5-12(10)14-9-11/h3,5,11,14H,2,4,6-9H2,1H3. The monoisotopic (exact) mass is 237 g/mol. The fourth-order valence-corrected chi connectivity index (χ4v) is 2.22. The van der Waals surface area contributed by atoms with Crippen molar-refractivity contribution in [1.82, 2.24) is 5.32 Å². The van der Waals surface area contributed by atoms with Crippen LogP contribution >= 0.6 is 0 Å². The number of esters is 1. The van der Waals surface area contributed by atoms with Crippen molar-refractivity contribution in [2.75, 3.05) is 26.9 Å². The quantitative estimate of drug-likeness (QED) is 0.593. The Kier molecular flexibility index (Phi) is 4.20. The van der Waals surface area contributed by atoms with Crippen molar-refractivity contribution in [1.29, 1.82) is 0 Å². The summed E-state index contributed by atoms with van der Waals surface area (Å²) in [5, 5.41) is 3.30. The van der Waals surface area contributed by atoms with E-state index in [1.54, 1.807) is 7.11 Å². The SMILES string of the molecule is COCCOC(=O)C1CNC2=C(CCC=C2)C1. The van der Waals surface area contributed by atoms with Gasteiger partial charge >= 0.3 is 5.97 Å². The van der Waals surface area contributed by atoms with Crippen LogP contribution in [0.15, 0.2) is 23.4 Å². The van der Waals surface area contributed by atoms with Gasteiger partial charge in [0.25, 0.3) is 0 Å². The van der Waals surface area contributed by atoms with E-state index >= 15 is 0 Å². The first-order valence-electron chi connectivity index (χ1n) is 6.09. The van der Waals surface area contributed by atoms with E-state index in [0.29, 0.717) is 19.8 Å². The van der Waals surface area contributed by atoms with Gasteiger partial charge in [0.2, 0.25) is 0 Å². The molecule has 0 radical (unpaired) electrons. The molecule has 0 saturated carbocycles. The molecule has 0 saturated heterocycles. The molecule has 1 N–H and O–H groups in total. The van der Waals surface area contributed by atoms with Crippen LogP contribution in [-0.2, 0) is 14.3 Å². The number of nitrogens with one attached hydrogen (secondary N) is 1. The van der Waals surface area contributed by atoms with Crippen LogP contribution in [0.4, 0.5) is 0 Å². The number of allylic oxidation sites excluding steroid dienone is 3. The van der Waals surface area contributed by atoms with Crippen molar-refractivity contribution >= 4 is 5.97 Å². The predicted octanol–water partition coefficient (Wildman–Crippen LogP) is 1.39. The molecule has 4 heteroatoms. The van der Waals surface area contributed by atoms with Gasteiger partial charge in [-0.3, -0.25) is 4.79 Å². The smallest absolute Gasteiger partial charge is 0.311 e. The van der Waals surface area contributed by atoms with E-state index < -0.39 is 0 Å². The highest BCUT2D eigenvalue weighted by Crippen LogP contribution is 2.28. The fraction of sp³-hybridized carbons (Fsp3) is 0.615. The van der Waals surface area contributed by atoms with Gasteiger partial charge in [0, 0.05) is 19.4 Å². The van der Waals surface area contributed by atoms with Gasteiger partial charge in [-0.1, -0.05) is 6.08 Å². The summed E-state index contributed by atoms with van der Waals surface area (Å²) in [5.41, 5.74) is 2.56. The third kappa shape index (κ3) is 3.09. The first-order valence-corrected chi connectivity index (χ1v) is 6.09. The molecule has 2 aliphatic rings. The van der Waals surface area contributed by atoms with Crippen LogP contribution in [0.5, 0.6) is 0 Å². The lowest BCUT2D eigenvalue weighted by atomic mass is 9.89. The van der Waals surface area contributed by atoms with Gasteiger partial charge in [0.15, 0.2) is 0 Å². The molecule has 0 bridgehead atoms. The number of methoxy groups -OCH3 is 1. The maximum absolute atomic E-state index is 11.8. The van der Waals surface area contributed by atoms with E-state index in [-0.39, 0.29) is 11.9 Å². The molecule has 1 aliphatic carbocycles. The summed E-state index contributed by atoms with van der Waals surface area (Å²) < 4.78 is 10.0. The zero-order chi connectivity index (χ0) is 12.1. The number of hydrogen-bond acceptors (Lipinski definition) is 4. The van der Waals surface area contributed by atoms with Gasteiger partial charge in [-0.15, -0.1) is 0 Å². The Morgan fingerprint density at radius 3 is 3.24 bits per heavy atom. The van der Waals surface area contributed by atoms with Crippen molar-refractivity contribution in [3.8, 4) is 0 Å². The van der Waals surface area contributed by atoms with Crippen LogP contribution < -0.4 is 5.32 Å². The Balaban J connectivity index is 1.86. The van der Waals surface area contributed by atoms with E-state index in [4.69, 9.17) is 9.47 Å². The highest BCUT2D eigenvalue weighted by molar-refractivity contribution is 5.73. The molecular formula is C13H19NO3. The molecule has 1 atom stereocenters. The van der Waals surface area contributed by atoms with Crippen LogP contribution in [0.1, 0.15) is 19.3 Å². The minimum atomic E-state index is -0.115. The van der Waals surface area contributed by atoms with Crippen molar-refractivity contribution in [3.05, 3.63) is 23.4 Å². The van der Waals surface area contributed by atoms with Gasteiger partial charge in [0.05, 0.1) is 12.5 Å². The maximum atomic E-state index is 11.8. The van der Waals surface area contributed by atoms with Crippen molar-refractivity contribution in [2.45, 2.75) is 19.3 Å². The maximum Gasteiger partial charge on any atom is 0.311 e. The second-order valence-corrected chi connectivity index (χ2v) is 4.40. The van der Waals surface area contributed by atoms with E-state index in [1.165, 1.54) is 11.3 Å². The largest absolute Gasteiger partial charge is 0.463 e. The van der Waals surface area contributed by atoms with Crippen molar-refractivity contribution in [3.63, 3.8) is 0 Å². The van der Waals surface area contributed by atoms with E-state index in [2.05, 4.69) is 17.5 Å². The molecule has 1 aliphatic heterocycles. The Labute approximate surface area is 102 Å². The highest BCUT2D eigenvalue weighted by atomic mass is 16.6. The molecule has 0 fully saturated rings. The highest BCUT2D eigenvalue weighted by Gasteiger charge is 2.27. The molecule has 0 aromatic rings. The third-order valence-corrected chi connectivity index (χ3v) is 3.18. The van der Waals surface area contributed by atoms with Gasteiger partial charge in [-0.25, -0.2) is 0 Å². The summed E-state index contributed by atoms with van der Waals surface area (Å²) in [5.74, 6) is -0.159. The lowest BCUT2D eigenvalue weighted by Crippen LogP contribution is -2.35. The van der Waals surface area contributed by atoms with Gasteiger partial charge in [0.1, 0.15) is 6.61 Å². The number of carbonyl (C=O) groups is 1. The molecule has 0 amide bonds. The topological polar surface area (TPSA) is 47.6 Å². The number of rotatable bonds is 4. The Morgan fingerprint density at radius 2 is 2.41 bits per heavy atom. The summed E-state index contributed by atoms with van der Waals surface area (Å²) in [6, 6.07) is 0. The number of ether oxygens (including phenoxy) is 2. The summed E-state index contributed by atoms with van der Waals surface area (Å²) in [6.45, 7) is 1.48. The lowest BCUT2D eigenvalue weighted by Gasteiger charge is -2.28. The average molecular weight is 237 g/mol. The molecular weight excluding hydrogens is 218 g/mol. The van der Waals surface area contributed by atoms with Crippen LogP contribution in [0, 0.1) is 5.92 Å². The second-order valence-electron chi connectivity index (χ2n) is 4.40. The third-order valence-electron chi connectivity index (χ3n) is 3.18. The minimum Gasteiger partial charge on any atom is -0.463 e. The van der Waals surface area contributed by atoms with Crippen LogP contribution in [0.3, 0.4) is 0 Å². The zero-order valence-corrected chi connectivity index (χ0v) is 10.2. The molecule has 0 aromatic heterocycles. The molecule has 2 rings (SSSR count). The number of hydrogen-bond donors (Lipinski definition) is 1. The fourth-order valence-electron chi connectivity index (χ4n) is 2.22. The van der Waals surface area contributed by atoms with Crippen molar-refractivity contribution in [2.24, 2.45) is 5.92 Å². The van der Waals surface area contributed by atoms with Gasteiger partial charge < -0.3 is 14.8 Å². The first kappa shape index (κ1) is 12.2. The summed E-state index contributed by atoms with van der Waals surface area (Å²) in [6.07, 6.45) is 7.25. The van der Waals surface area contributed by atoms with E-state index in [9.17, 15) is 4.79 Å².